The Morgan fingerprint density at radius 3 is 0.905 bits per heavy atom. The summed E-state index contributed by atoms with van der Waals surface area (Å²) in [5, 5.41) is 37.5. The molecule has 1 heterocycles. The zero-order chi connectivity index (χ0) is 16.3. The molecular weight excluding hydrogens is 276 g/mol. The van der Waals surface area contributed by atoms with Crippen molar-refractivity contribution in [2.75, 3.05) is 15.2 Å². The van der Waals surface area contributed by atoms with Crippen molar-refractivity contribution in [2.45, 2.75) is 59.7 Å². The van der Waals surface area contributed by atoms with Gasteiger partial charge in [0, 0.05) is 18.1 Å². The molecule has 0 N–H and O–H groups in total. The standard InChI is InChI=1S/C12H21N6O3/c1-7(2)16(19)10-13-11(17(20)8(3)4)15-12(14-10)18(21)9(5)6/h7-9H,1-6H3/q-3. The molecule has 0 aromatic carbocycles. The predicted molar refractivity (Wildman–Crippen MR) is 82.8 cm³/mol. The minimum atomic E-state index is -0.425. The van der Waals surface area contributed by atoms with Crippen LogP contribution in [0.25, 0.3) is 0 Å². The van der Waals surface area contributed by atoms with E-state index in [1.54, 1.807) is 41.5 Å². The zero-order valence-electron chi connectivity index (χ0n) is 13.1. The van der Waals surface area contributed by atoms with E-state index >= 15 is 0 Å². The van der Waals surface area contributed by atoms with Crippen LogP contribution in [0.15, 0.2) is 0 Å². The fourth-order valence-corrected chi connectivity index (χ4v) is 1.33. The summed E-state index contributed by atoms with van der Waals surface area (Å²) in [6.07, 6.45) is 0. The summed E-state index contributed by atoms with van der Waals surface area (Å²) in [6.45, 7) is 9.95. The Morgan fingerprint density at radius 2 is 0.762 bits per heavy atom. The van der Waals surface area contributed by atoms with Gasteiger partial charge in [-0.3, -0.25) is 0 Å². The van der Waals surface area contributed by atoms with Crippen molar-refractivity contribution in [2.24, 2.45) is 0 Å². The summed E-state index contributed by atoms with van der Waals surface area (Å²) in [7, 11) is 0. The molecule has 0 aliphatic rings. The molecule has 0 atom stereocenters. The van der Waals surface area contributed by atoms with E-state index in [4.69, 9.17) is 0 Å². The van der Waals surface area contributed by atoms with E-state index in [-0.39, 0.29) is 17.8 Å². The van der Waals surface area contributed by atoms with Crippen molar-refractivity contribution < 1.29 is 0 Å². The molecule has 9 nitrogen and oxygen atoms in total. The number of hydrogen-bond acceptors (Lipinski definition) is 9. The SMILES string of the molecule is CC(C)N([O-])c1nc(N([O-])C(C)C)nc(N([O-])C(C)C)n1. The Labute approximate surface area is 124 Å². The second-order valence-electron chi connectivity index (χ2n) is 5.49. The Hall–Kier alpha value is -1.71. The van der Waals surface area contributed by atoms with E-state index in [1.807, 2.05) is 0 Å². The van der Waals surface area contributed by atoms with Gasteiger partial charge in [-0.1, -0.05) is 0 Å². The molecule has 0 aliphatic heterocycles. The summed E-state index contributed by atoms with van der Waals surface area (Å²) < 4.78 is 0. The van der Waals surface area contributed by atoms with Crippen molar-refractivity contribution in [3.05, 3.63) is 15.6 Å². The minimum absolute atomic E-state index is 0.243. The summed E-state index contributed by atoms with van der Waals surface area (Å²) in [4.78, 5) is 11.6. The Morgan fingerprint density at radius 1 is 0.571 bits per heavy atom. The van der Waals surface area contributed by atoms with Crippen LogP contribution in [-0.2, 0) is 0 Å². The average molecular weight is 297 g/mol. The van der Waals surface area contributed by atoms with E-state index in [9.17, 15) is 15.6 Å². The maximum atomic E-state index is 12.0. The lowest BCUT2D eigenvalue weighted by Crippen LogP contribution is -2.32. The molecule has 1 aromatic heterocycles. The average Bonchev–Trinajstić information content (AvgIpc) is 2.43. The highest BCUT2D eigenvalue weighted by molar-refractivity contribution is 5.48. The third-order valence-electron chi connectivity index (χ3n) is 2.60. The predicted octanol–water partition coefficient (Wildman–Crippen LogP) is 2.01. The number of anilines is 3. The molecule has 1 rings (SSSR count). The largest absolute Gasteiger partial charge is 0.756 e. The lowest BCUT2D eigenvalue weighted by molar-refractivity contribution is 0.709. The summed E-state index contributed by atoms with van der Waals surface area (Å²) in [5.41, 5.74) is 0. The quantitative estimate of drug-likeness (QED) is 0.726. The van der Waals surface area contributed by atoms with Crippen LogP contribution >= 0.6 is 0 Å². The minimum Gasteiger partial charge on any atom is -0.756 e. The topological polar surface area (TPSA) is 118 Å². The highest BCUT2D eigenvalue weighted by Gasteiger charge is 2.14. The van der Waals surface area contributed by atoms with Crippen molar-refractivity contribution in [1.29, 1.82) is 0 Å². The monoisotopic (exact) mass is 297 g/mol. The van der Waals surface area contributed by atoms with E-state index < -0.39 is 18.1 Å². The molecule has 0 fully saturated rings. The second kappa shape index (κ2) is 6.83. The Bertz CT molecular complexity index is 389. The molecule has 9 heteroatoms. The fourth-order valence-electron chi connectivity index (χ4n) is 1.33. The fraction of sp³-hybridized carbons (Fsp3) is 0.750. The van der Waals surface area contributed by atoms with Crippen LogP contribution in [0.2, 0.25) is 0 Å². The van der Waals surface area contributed by atoms with Crippen LogP contribution in [0.3, 0.4) is 0 Å². The number of aromatic nitrogens is 3. The van der Waals surface area contributed by atoms with Crippen LogP contribution in [0.4, 0.5) is 17.8 Å². The first kappa shape index (κ1) is 17.3. The van der Waals surface area contributed by atoms with Crippen molar-refractivity contribution in [1.82, 2.24) is 15.0 Å². The van der Waals surface area contributed by atoms with Gasteiger partial charge in [-0.2, -0.15) is 15.0 Å². The van der Waals surface area contributed by atoms with Crippen molar-refractivity contribution >= 4 is 17.8 Å². The van der Waals surface area contributed by atoms with Crippen LogP contribution < -0.4 is 15.2 Å². The summed E-state index contributed by atoms with van der Waals surface area (Å²) in [5.74, 6) is -0.728. The highest BCUT2D eigenvalue weighted by atomic mass is 16.5. The molecule has 0 unspecified atom stereocenters. The molecule has 120 valence electrons. The molecule has 0 saturated heterocycles. The lowest BCUT2D eigenvalue weighted by atomic mass is 10.4. The maximum Gasteiger partial charge on any atom is 0.221 e. The van der Waals surface area contributed by atoms with Crippen LogP contribution in [-0.4, -0.2) is 33.1 Å². The Balaban J connectivity index is 3.32. The van der Waals surface area contributed by atoms with Crippen molar-refractivity contribution in [3.8, 4) is 0 Å². The van der Waals surface area contributed by atoms with Gasteiger partial charge in [0.25, 0.3) is 0 Å². The summed E-state index contributed by atoms with van der Waals surface area (Å²) in [6, 6.07) is -1.27. The van der Waals surface area contributed by atoms with E-state index in [0.717, 1.165) is 0 Å². The maximum absolute atomic E-state index is 12.0. The summed E-state index contributed by atoms with van der Waals surface area (Å²) >= 11 is 0. The first-order valence-electron chi connectivity index (χ1n) is 6.80. The zero-order valence-corrected chi connectivity index (χ0v) is 13.1. The first-order valence-corrected chi connectivity index (χ1v) is 6.80. The molecule has 0 bridgehead atoms. The Kier molecular flexibility index (Phi) is 5.64. The number of nitrogens with zero attached hydrogens (tertiary/aromatic N) is 6. The van der Waals surface area contributed by atoms with Gasteiger partial charge in [0.05, 0.1) is 0 Å². The molecule has 21 heavy (non-hydrogen) atoms. The molecule has 0 aliphatic carbocycles. The third-order valence-corrected chi connectivity index (χ3v) is 2.60. The van der Waals surface area contributed by atoms with Crippen molar-refractivity contribution in [3.63, 3.8) is 0 Å². The molecular formula is C12H21N6O3-3. The van der Waals surface area contributed by atoms with Gasteiger partial charge in [0.2, 0.25) is 17.8 Å². The normalized spacial score (nSPS) is 11.4. The molecule has 0 spiro atoms. The van der Waals surface area contributed by atoms with Gasteiger partial charge >= 0.3 is 0 Å². The lowest BCUT2D eigenvalue weighted by Gasteiger charge is -2.39. The van der Waals surface area contributed by atoms with Gasteiger partial charge in [-0.25, -0.2) is 0 Å². The number of hydroxylamine groups is 3. The smallest absolute Gasteiger partial charge is 0.221 e. The van der Waals surface area contributed by atoms with Gasteiger partial charge < -0.3 is 30.8 Å². The highest BCUT2D eigenvalue weighted by Crippen LogP contribution is 2.21. The number of rotatable bonds is 6. The molecule has 0 radical (unpaired) electrons. The molecule has 1 aromatic rings. The van der Waals surface area contributed by atoms with Crippen LogP contribution in [0, 0.1) is 15.6 Å². The van der Waals surface area contributed by atoms with Crippen LogP contribution in [0.1, 0.15) is 41.5 Å². The van der Waals surface area contributed by atoms with Gasteiger partial charge in [-0.05, 0) is 41.5 Å². The third kappa shape index (κ3) is 4.13. The van der Waals surface area contributed by atoms with E-state index in [0.29, 0.717) is 15.2 Å². The first-order chi connectivity index (χ1) is 9.65. The number of hydrogen-bond donors (Lipinski definition) is 0. The van der Waals surface area contributed by atoms with Gasteiger partial charge in [0.1, 0.15) is 0 Å². The van der Waals surface area contributed by atoms with E-state index in [2.05, 4.69) is 15.0 Å². The van der Waals surface area contributed by atoms with E-state index in [1.165, 1.54) is 0 Å². The van der Waals surface area contributed by atoms with Crippen LogP contribution in [0.5, 0.6) is 0 Å². The molecule has 0 amide bonds. The van der Waals surface area contributed by atoms with Gasteiger partial charge in [-0.15, -0.1) is 0 Å². The van der Waals surface area contributed by atoms with Gasteiger partial charge in [0.15, 0.2) is 0 Å². The second-order valence-corrected chi connectivity index (χ2v) is 5.49. The molecule has 0 saturated carbocycles.